The van der Waals surface area contributed by atoms with E-state index >= 15 is 0 Å². The van der Waals surface area contributed by atoms with Crippen molar-refractivity contribution in [3.05, 3.63) is 63.9 Å². The zero-order valence-corrected chi connectivity index (χ0v) is 12.6. The molecule has 5 nitrogen and oxygen atoms in total. The maximum absolute atomic E-state index is 13.7. The Morgan fingerprint density at radius 1 is 1.09 bits per heavy atom. The smallest absolute Gasteiger partial charge is 0.261 e. The third-order valence-electron chi connectivity index (χ3n) is 3.53. The van der Waals surface area contributed by atoms with Crippen LogP contribution in [0.15, 0.2) is 36.4 Å². The molecular formula is C16H10ClFN2O3. The number of carbonyl (C=O) groups excluding carboxylic acids is 3. The summed E-state index contributed by atoms with van der Waals surface area (Å²) < 4.78 is 13.7. The van der Waals surface area contributed by atoms with Crippen molar-refractivity contribution in [2.75, 3.05) is 12.4 Å². The standard InChI is InChI=1S/C16H10ClFN2O3/c1-20-15(22)10-4-2-8(6-11(10)16(20)23)14(21)19-13-7-9(17)3-5-12(13)18/h2-7H,1H3,(H,19,21). The molecule has 7 heteroatoms. The Labute approximate surface area is 135 Å². The molecule has 0 saturated heterocycles. The molecule has 1 aliphatic heterocycles. The Hall–Kier alpha value is -2.73. The molecule has 1 N–H and O–H groups in total. The lowest BCUT2D eigenvalue weighted by Gasteiger charge is -2.07. The van der Waals surface area contributed by atoms with E-state index in [4.69, 9.17) is 11.6 Å². The molecule has 23 heavy (non-hydrogen) atoms. The summed E-state index contributed by atoms with van der Waals surface area (Å²) in [7, 11) is 1.37. The molecule has 3 rings (SSSR count). The largest absolute Gasteiger partial charge is 0.319 e. The van der Waals surface area contributed by atoms with Crippen LogP contribution in [-0.4, -0.2) is 29.7 Å². The predicted octanol–water partition coefficient (Wildman–Crippen LogP) is 2.96. The number of fused-ring (bicyclic) bond motifs is 1. The van der Waals surface area contributed by atoms with Crippen molar-refractivity contribution in [1.82, 2.24) is 4.90 Å². The van der Waals surface area contributed by atoms with Crippen molar-refractivity contribution in [3.63, 3.8) is 0 Å². The van der Waals surface area contributed by atoms with Crippen LogP contribution in [0.4, 0.5) is 10.1 Å². The first-order valence-electron chi connectivity index (χ1n) is 6.61. The summed E-state index contributed by atoms with van der Waals surface area (Å²) in [5.74, 6) is -2.13. The van der Waals surface area contributed by atoms with Gasteiger partial charge in [0.15, 0.2) is 0 Å². The van der Waals surface area contributed by atoms with Gasteiger partial charge in [-0.2, -0.15) is 0 Å². The first-order chi connectivity index (χ1) is 10.9. The van der Waals surface area contributed by atoms with Crippen LogP contribution in [0, 0.1) is 5.82 Å². The quantitative estimate of drug-likeness (QED) is 0.860. The average molecular weight is 333 g/mol. The highest BCUT2D eigenvalue weighted by atomic mass is 35.5. The van der Waals surface area contributed by atoms with Gasteiger partial charge in [0.05, 0.1) is 16.8 Å². The lowest BCUT2D eigenvalue weighted by atomic mass is 10.1. The van der Waals surface area contributed by atoms with Gasteiger partial charge in [-0.25, -0.2) is 4.39 Å². The third kappa shape index (κ3) is 2.57. The lowest BCUT2D eigenvalue weighted by Crippen LogP contribution is -2.24. The Bertz CT molecular complexity index is 866. The van der Waals surface area contributed by atoms with Crippen molar-refractivity contribution in [3.8, 4) is 0 Å². The predicted molar refractivity (Wildman–Crippen MR) is 82.2 cm³/mol. The summed E-state index contributed by atoms with van der Waals surface area (Å²) >= 11 is 5.77. The summed E-state index contributed by atoms with van der Waals surface area (Å²) in [6.07, 6.45) is 0. The SMILES string of the molecule is CN1C(=O)c2ccc(C(=O)Nc3cc(Cl)ccc3F)cc2C1=O. The monoisotopic (exact) mass is 332 g/mol. The molecular weight excluding hydrogens is 323 g/mol. The van der Waals surface area contributed by atoms with Crippen LogP contribution in [-0.2, 0) is 0 Å². The van der Waals surface area contributed by atoms with Gasteiger partial charge >= 0.3 is 0 Å². The number of rotatable bonds is 2. The lowest BCUT2D eigenvalue weighted by molar-refractivity contribution is 0.0693. The number of hydrogen-bond donors (Lipinski definition) is 1. The maximum Gasteiger partial charge on any atom is 0.261 e. The number of nitrogens with zero attached hydrogens (tertiary/aromatic N) is 1. The van der Waals surface area contributed by atoms with Gasteiger partial charge in [-0.3, -0.25) is 19.3 Å². The third-order valence-corrected chi connectivity index (χ3v) is 3.76. The number of imide groups is 1. The van der Waals surface area contributed by atoms with Crippen LogP contribution in [0.25, 0.3) is 0 Å². The van der Waals surface area contributed by atoms with Gasteiger partial charge in [0.2, 0.25) is 0 Å². The van der Waals surface area contributed by atoms with Gasteiger partial charge < -0.3 is 5.32 Å². The topological polar surface area (TPSA) is 66.5 Å². The Morgan fingerprint density at radius 2 is 1.78 bits per heavy atom. The van der Waals surface area contributed by atoms with Gasteiger partial charge in [0.1, 0.15) is 5.82 Å². The van der Waals surface area contributed by atoms with Crippen LogP contribution >= 0.6 is 11.6 Å². The highest BCUT2D eigenvalue weighted by Crippen LogP contribution is 2.24. The van der Waals surface area contributed by atoms with Gasteiger partial charge in [-0.1, -0.05) is 11.6 Å². The van der Waals surface area contributed by atoms with Crippen LogP contribution in [0.2, 0.25) is 5.02 Å². The number of hydrogen-bond acceptors (Lipinski definition) is 3. The number of nitrogens with one attached hydrogen (secondary N) is 1. The van der Waals surface area contributed by atoms with E-state index in [0.29, 0.717) is 0 Å². The molecule has 2 aromatic carbocycles. The van der Waals surface area contributed by atoms with Crippen LogP contribution < -0.4 is 5.32 Å². The number of halogens is 2. The van der Waals surface area contributed by atoms with E-state index < -0.39 is 23.5 Å². The molecule has 3 amide bonds. The van der Waals surface area contributed by atoms with E-state index in [1.54, 1.807) is 0 Å². The molecule has 2 aromatic rings. The zero-order valence-electron chi connectivity index (χ0n) is 11.9. The van der Waals surface area contributed by atoms with E-state index in [1.807, 2.05) is 0 Å². The van der Waals surface area contributed by atoms with Crippen LogP contribution in [0.1, 0.15) is 31.1 Å². The Kier molecular flexibility index (Phi) is 3.61. The molecule has 0 aliphatic carbocycles. The summed E-state index contributed by atoms with van der Waals surface area (Å²) in [4.78, 5) is 36.9. The van der Waals surface area contributed by atoms with Crippen molar-refractivity contribution < 1.29 is 18.8 Å². The van der Waals surface area contributed by atoms with Crippen LogP contribution in [0.5, 0.6) is 0 Å². The fourth-order valence-corrected chi connectivity index (χ4v) is 2.46. The van der Waals surface area contributed by atoms with E-state index in [2.05, 4.69) is 5.32 Å². The fraction of sp³-hybridized carbons (Fsp3) is 0.0625. The Morgan fingerprint density at radius 3 is 2.52 bits per heavy atom. The summed E-state index contributed by atoms with van der Waals surface area (Å²) in [6, 6.07) is 7.91. The molecule has 0 saturated carbocycles. The summed E-state index contributed by atoms with van der Waals surface area (Å²) in [5.41, 5.74) is 0.460. The van der Waals surface area contributed by atoms with E-state index in [1.165, 1.54) is 37.4 Å². The normalized spacial score (nSPS) is 13.3. The summed E-state index contributed by atoms with van der Waals surface area (Å²) in [6.45, 7) is 0. The van der Waals surface area contributed by atoms with Gasteiger partial charge in [-0.15, -0.1) is 0 Å². The van der Waals surface area contributed by atoms with Crippen molar-refractivity contribution in [2.24, 2.45) is 0 Å². The van der Waals surface area contributed by atoms with E-state index in [0.717, 1.165) is 11.0 Å². The summed E-state index contributed by atoms with van der Waals surface area (Å²) in [5, 5.41) is 2.66. The molecule has 0 fully saturated rings. The highest BCUT2D eigenvalue weighted by molar-refractivity contribution is 6.31. The molecule has 1 heterocycles. The molecule has 1 aliphatic rings. The van der Waals surface area contributed by atoms with E-state index in [9.17, 15) is 18.8 Å². The number of benzene rings is 2. The second kappa shape index (κ2) is 5.48. The van der Waals surface area contributed by atoms with Gasteiger partial charge in [0.25, 0.3) is 17.7 Å². The molecule has 0 aromatic heterocycles. The molecule has 116 valence electrons. The van der Waals surface area contributed by atoms with E-state index in [-0.39, 0.29) is 27.4 Å². The van der Waals surface area contributed by atoms with Gasteiger partial charge in [-0.05, 0) is 36.4 Å². The molecule has 0 radical (unpaired) electrons. The molecule has 0 unspecified atom stereocenters. The number of amides is 3. The second-order valence-electron chi connectivity index (χ2n) is 5.01. The number of carbonyl (C=O) groups is 3. The second-order valence-corrected chi connectivity index (χ2v) is 5.44. The Balaban J connectivity index is 1.92. The first-order valence-corrected chi connectivity index (χ1v) is 6.99. The highest BCUT2D eigenvalue weighted by Gasteiger charge is 2.33. The van der Waals surface area contributed by atoms with Gasteiger partial charge in [0, 0.05) is 17.6 Å². The minimum Gasteiger partial charge on any atom is -0.319 e. The average Bonchev–Trinajstić information content (AvgIpc) is 2.75. The minimum absolute atomic E-state index is 0.0671. The van der Waals surface area contributed by atoms with Crippen molar-refractivity contribution in [1.29, 1.82) is 0 Å². The number of anilines is 1. The van der Waals surface area contributed by atoms with Crippen molar-refractivity contribution in [2.45, 2.75) is 0 Å². The van der Waals surface area contributed by atoms with Crippen molar-refractivity contribution >= 4 is 35.0 Å². The fourth-order valence-electron chi connectivity index (χ4n) is 2.29. The molecule has 0 spiro atoms. The van der Waals surface area contributed by atoms with Crippen LogP contribution in [0.3, 0.4) is 0 Å². The minimum atomic E-state index is -0.630. The maximum atomic E-state index is 13.7. The molecule has 0 bridgehead atoms. The zero-order chi connectivity index (χ0) is 16.7. The molecule has 0 atom stereocenters. The first kappa shape index (κ1) is 15.2.